The molecule has 0 spiro atoms. The number of thiophene rings is 1. The van der Waals surface area contributed by atoms with Gasteiger partial charge in [0.2, 0.25) is 5.95 Å². The van der Waals surface area contributed by atoms with Crippen LogP contribution in [0.25, 0.3) is 15.8 Å². The number of hydrogen-bond acceptors (Lipinski definition) is 5. The van der Waals surface area contributed by atoms with Crippen molar-refractivity contribution in [2.45, 2.75) is 12.8 Å². The van der Waals surface area contributed by atoms with Crippen molar-refractivity contribution >= 4 is 50.6 Å². The van der Waals surface area contributed by atoms with Crippen molar-refractivity contribution in [3.8, 4) is 0 Å². The predicted molar refractivity (Wildman–Crippen MR) is 91.5 cm³/mol. The number of allylic oxidation sites excluding steroid dienone is 4. The molecule has 0 unspecified atom stereocenters. The van der Waals surface area contributed by atoms with Gasteiger partial charge in [-0.25, -0.2) is 9.97 Å². The minimum Gasteiger partial charge on any atom is -0.357 e. The lowest BCUT2D eigenvalue weighted by atomic mass is 10.0. The van der Waals surface area contributed by atoms with E-state index in [-0.39, 0.29) is 5.91 Å². The van der Waals surface area contributed by atoms with E-state index in [1.165, 1.54) is 11.3 Å². The van der Waals surface area contributed by atoms with Gasteiger partial charge in [0.1, 0.15) is 4.83 Å². The van der Waals surface area contributed by atoms with E-state index >= 15 is 0 Å². The Bertz CT molecular complexity index is 809. The third kappa shape index (κ3) is 2.60. The number of aromatic nitrogens is 2. The van der Waals surface area contributed by atoms with E-state index in [0.717, 1.165) is 34.3 Å². The van der Waals surface area contributed by atoms with Crippen LogP contribution < -0.4 is 10.6 Å². The van der Waals surface area contributed by atoms with Gasteiger partial charge in [0, 0.05) is 30.1 Å². The molecule has 0 saturated heterocycles. The second-order valence-electron chi connectivity index (χ2n) is 4.80. The summed E-state index contributed by atoms with van der Waals surface area (Å²) in [4.78, 5) is 22.2. The number of anilines is 1. The number of nitrogens with zero attached hydrogens (tertiary/aromatic N) is 2. The third-order valence-electron chi connectivity index (χ3n) is 3.42. The van der Waals surface area contributed by atoms with Crippen LogP contribution in [0.15, 0.2) is 23.3 Å². The van der Waals surface area contributed by atoms with Gasteiger partial charge < -0.3 is 10.6 Å². The maximum atomic E-state index is 11.9. The predicted octanol–water partition coefficient (Wildman–Crippen LogP) is 3.39. The second kappa shape index (κ2) is 6.06. The largest absolute Gasteiger partial charge is 0.357 e. The normalized spacial score (nSPS) is 14.5. The topological polar surface area (TPSA) is 66.9 Å². The van der Waals surface area contributed by atoms with E-state index in [9.17, 15) is 4.79 Å². The summed E-state index contributed by atoms with van der Waals surface area (Å²) in [7, 11) is 3.38. The van der Waals surface area contributed by atoms with Crippen LogP contribution in [0, 0.1) is 0 Å². The smallest absolute Gasteiger partial charge is 0.261 e. The van der Waals surface area contributed by atoms with Crippen LogP contribution in [0.5, 0.6) is 0 Å². The van der Waals surface area contributed by atoms with E-state index in [4.69, 9.17) is 11.6 Å². The molecule has 0 fully saturated rings. The molecule has 0 bridgehead atoms. The van der Waals surface area contributed by atoms with E-state index < -0.39 is 0 Å². The average molecular weight is 335 g/mol. The van der Waals surface area contributed by atoms with Crippen LogP contribution in [0.2, 0.25) is 0 Å². The number of rotatable bonds is 3. The molecule has 1 aliphatic rings. The maximum Gasteiger partial charge on any atom is 0.261 e. The molecule has 5 nitrogen and oxygen atoms in total. The first-order chi connectivity index (χ1) is 10.6. The van der Waals surface area contributed by atoms with Crippen LogP contribution in [-0.2, 0) is 0 Å². The summed E-state index contributed by atoms with van der Waals surface area (Å²) in [6.07, 6.45) is 5.94. The number of nitrogens with one attached hydrogen (secondary N) is 2. The van der Waals surface area contributed by atoms with Crippen LogP contribution in [-0.4, -0.2) is 30.0 Å². The standard InChI is InChI=1S/C15H15ClN4OS/c1-17-13(21)11-7-9-12(8-5-3-4-6-10(8)16)19-15(18-2)20-14(9)22-11/h5-7H,3-4H2,1-2H3,(H,17,21)(H,18,19,20). The molecule has 0 saturated carbocycles. The summed E-state index contributed by atoms with van der Waals surface area (Å²) in [5.41, 5.74) is 1.67. The zero-order valence-corrected chi connectivity index (χ0v) is 13.8. The summed E-state index contributed by atoms with van der Waals surface area (Å²) < 4.78 is 0. The van der Waals surface area contributed by atoms with Gasteiger partial charge in [-0.1, -0.05) is 23.8 Å². The highest BCUT2D eigenvalue weighted by atomic mass is 35.5. The first kappa shape index (κ1) is 15.0. The summed E-state index contributed by atoms with van der Waals surface area (Å²) in [5, 5.41) is 7.14. The van der Waals surface area contributed by atoms with Crippen LogP contribution in [0.1, 0.15) is 28.2 Å². The quantitative estimate of drug-likeness (QED) is 0.902. The minimum atomic E-state index is -0.126. The van der Waals surface area contributed by atoms with Crippen LogP contribution >= 0.6 is 22.9 Å². The van der Waals surface area contributed by atoms with Crippen molar-refractivity contribution in [2.75, 3.05) is 19.4 Å². The van der Waals surface area contributed by atoms with Crippen molar-refractivity contribution in [3.05, 3.63) is 33.8 Å². The molecule has 2 aromatic heterocycles. The Balaban J connectivity index is 2.23. The third-order valence-corrected chi connectivity index (χ3v) is 4.80. The molecule has 0 radical (unpaired) electrons. The van der Waals surface area contributed by atoms with Gasteiger partial charge in [0.25, 0.3) is 5.91 Å². The lowest BCUT2D eigenvalue weighted by Gasteiger charge is -2.12. The summed E-state index contributed by atoms with van der Waals surface area (Å²) in [6.45, 7) is 0. The van der Waals surface area contributed by atoms with E-state index in [1.54, 1.807) is 14.1 Å². The Morgan fingerprint density at radius 3 is 2.73 bits per heavy atom. The first-order valence-electron chi connectivity index (χ1n) is 6.92. The van der Waals surface area contributed by atoms with Gasteiger partial charge in [0.05, 0.1) is 10.6 Å². The Morgan fingerprint density at radius 2 is 2.05 bits per heavy atom. The number of amides is 1. The van der Waals surface area contributed by atoms with Gasteiger partial charge >= 0.3 is 0 Å². The monoisotopic (exact) mass is 334 g/mol. The highest BCUT2D eigenvalue weighted by Crippen LogP contribution is 2.36. The summed E-state index contributed by atoms with van der Waals surface area (Å²) in [5.74, 6) is 0.392. The number of halogens is 1. The maximum absolute atomic E-state index is 11.9. The van der Waals surface area contributed by atoms with Crippen molar-refractivity contribution < 1.29 is 4.79 Å². The molecule has 0 aliphatic heterocycles. The van der Waals surface area contributed by atoms with E-state index in [2.05, 4.69) is 26.7 Å². The highest BCUT2D eigenvalue weighted by molar-refractivity contribution is 7.20. The minimum absolute atomic E-state index is 0.126. The molecule has 22 heavy (non-hydrogen) atoms. The second-order valence-corrected chi connectivity index (χ2v) is 6.24. The Hall–Kier alpha value is -1.92. The summed E-state index contributed by atoms with van der Waals surface area (Å²) in [6, 6.07) is 1.83. The number of fused-ring (bicyclic) bond motifs is 1. The van der Waals surface area contributed by atoms with Crippen molar-refractivity contribution in [3.63, 3.8) is 0 Å². The molecule has 7 heteroatoms. The van der Waals surface area contributed by atoms with Gasteiger partial charge in [0.15, 0.2) is 0 Å². The Labute approximate surface area is 137 Å². The van der Waals surface area contributed by atoms with Crippen molar-refractivity contribution in [1.82, 2.24) is 15.3 Å². The molecular weight excluding hydrogens is 320 g/mol. The molecule has 3 rings (SSSR count). The fourth-order valence-corrected chi connectivity index (χ4v) is 3.58. The first-order valence-corrected chi connectivity index (χ1v) is 8.11. The molecule has 1 amide bonds. The van der Waals surface area contributed by atoms with Crippen molar-refractivity contribution in [1.29, 1.82) is 0 Å². The van der Waals surface area contributed by atoms with Crippen molar-refractivity contribution in [2.24, 2.45) is 0 Å². The Kier molecular flexibility index (Phi) is 4.13. The Morgan fingerprint density at radius 1 is 1.27 bits per heavy atom. The highest BCUT2D eigenvalue weighted by Gasteiger charge is 2.19. The number of carbonyl (C=O) groups is 1. The molecule has 114 valence electrons. The lowest BCUT2D eigenvalue weighted by molar-refractivity contribution is 0.0967. The number of carbonyl (C=O) groups excluding carboxylic acids is 1. The fraction of sp³-hybridized carbons (Fsp3) is 0.267. The molecule has 2 heterocycles. The van der Waals surface area contributed by atoms with E-state index in [0.29, 0.717) is 15.9 Å². The SMILES string of the molecule is CNC(=O)c1cc2c(C3=CCCC=C3Cl)nc(NC)nc2s1. The molecular formula is C15H15ClN4OS. The fourth-order valence-electron chi connectivity index (χ4n) is 2.33. The molecule has 1 aliphatic carbocycles. The molecule has 0 aromatic carbocycles. The van der Waals surface area contributed by atoms with Gasteiger partial charge in [-0.15, -0.1) is 11.3 Å². The zero-order chi connectivity index (χ0) is 15.7. The number of hydrogen-bond donors (Lipinski definition) is 2. The summed E-state index contributed by atoms with van der Waals surface area (Å²) >= 11 is 7.69. The average Bonchev–Trinajstić information content (AvgIpc) is 2.97. The van der Waals surface area contributed by atoms with Gasteiger partial charge in [-0.05, 0) is 18.9 Å². The molecule has 2 aromatic rings. The van der Waals surface area contributed by atoms with Gasteiger partial charge in [-0.2, -0.15) is 0 Å². The molecule has 0 atom stereocenters. The van der Waals surface area contributed by atoms with Crippen LogP contribution in [0.3, 0.4) is 0 Å². The van der Waals surface area contributed by atoms with Gasteiger partial charge in [-0.3, -0.25) is 4.79 Å². The van der Waals surface area contributed by atoms with Crippen LogP contribution in [0.4, 0.5) is 5.95 Å². The zero-order valence-electron chi connectivity index (χ0n) is 12.2. The lowest BCUT2D eigenvalue weighted by Crippen LogP contribution is -2.15. The molecule has 2 N–H and O–H groups in total. The van der Waals surface area contributed by atoms with E-state index in [1.807, 2.05) is 12.1 Å².